The van der Waals surface area contributed by atoms with Gasteiger partial charge in [0.25, 0.3) is 5.91 Å². The minimum absolute atomic E-state index is 0.0241. The smallest absolute Gasteiger partial charge is 0.258 e. The largest absolute Gasteiger partial charge is 0.484 e. The van der Waals surface area contributed by atoms with Gasteiger partial charge in [0.15, 0.2) is 6.61 Å². The first-order valence-electron chi connectivity index (χ1n) is 8.46. The minimum Gasteiger partial charge on any atom is -0.484 e. The Labute approximate surface area is 145 Å². The van der Waals surface area contributed by atoms with Crippen LogP contribution in [0.3, 0.4) is 0 Å². The number of ether oxygens (including phenoxy) is 1. The summed E-state index contributed by atoms with van der Waals surface area (Å²) < 4.78 is 5.58. The third-order valence-electron chi connectivity index (χ3n) is 4.19. The van der Waals surface area contributed by atoms with Crippen LogP contribution < -0.4 is 10.1 Å². The Kier molecular flexibility index (Phi) is 6.02. The van der Waals surface area contributed by atoms with Crippen molar-refractivity contribution in [2.24, 2.45) is 0 Å². The molecule has 0 unspecified atom stereocenters. The summed E-state index contributed by atoms with van der Waals surface area (Å²) in [6.07, 6.45) is 0. The van der Waals surface area contributed by atoms with E-state index in [1.807, 2.05) is 31.2 Å². The molecule has 0 aliphatic heterocycles. The van der Waals surface area contributed by atoms with Gasteiger partial charge in [0.2, 0.25) is 0 Å². The average Bonchev–Trinajstić information content (AvgIpc) is 2.53. The van der Waals surface area contributed by atoms with Crippen LogP contribution >= 0.6 is 0 Å². The van der Waals surface area contributed by atoms with Crippen molar-refractivity contribution < 1.29 is 9.53 Å². The van der Waals surface area contributed by atoms with Crippen LogP contribution in [0.1, 0.15) is 55.0 Å². The van der Waals surface area contributed by atoms with Gasteiger partial charge >= 0.3 is 0 Å². The van der Waals surface area contributed by atoms with Crippen molar-refractivity contribution in [1.29, 1.82) is 0 Å². The zero-order valence-corrected chi connectivity index (χ0v) is 15.2. The van der Waals surface area contributed by atoms with Gasteiger partial charge in [-0.15, -0.1) is 0 Å². The molecule has 3 heteroatoms. The van der Waals surface area contributed by atoms with Crippen LogP contribution in [0.5, 0.6) is 5.75 Å². The SMILES string of the molecule is Cc1ccc([C@@H](C)NC(=O)COc2ccc(C(C)C)cc2)c(C)c1. The molecule has 2 aromatic carbocycles. The number of hydrogen-bond acceptors (Lipinski definition) is 2. The van der Waals surface area contributed by atoms with E-state index in [2.05, 4.69) is 51.2 Å². The molecule has 24 heavy (non-hydrogen) atoms. The van der Waals surface area contributed by atoms with E-state index < -0.39 is 0 Å². The summed E-state index contributed by atoms with van der Waals surface area (Å²) in [5.41, 5.74) is 4.81. The number of carbonyl (C=O) groups excluding carboxylic acids is 1. The number of rotatable bonds is 6. The Hall–Kier alpha value is -2.29. The van der Waals surface area contributed by atoms with E-state index in [1.165, 1.54) is 16.7 Å². The van der Waals surface area contributed by atoms with E-state index >= 15 is 0 Å². The van der Waals surface area contributed by atoms with Gasteiger partial charge in [0.05, 0.1) is 6.04 Å². The van der Waals surface area contributed by atoms with Gasteiger partial charge < -0.3 is 10.1 Å². The number of amides is 1. The lowest BCUT2D eigenvalue weighted by atomic mass is 10.0. The Balaban J connectivity index is 1.88. The van der Waals surface area contributed by atoms with E-state index in [0.717, 1.165) is 5.56 Å². The fourth-order valence-electron chi connectivity index (χ4n) is 2.77. The van der Waals surface area contributed by atoms with Crippen LogP contribution in [0.15, 0.2) is 42.5 Å². The second-order valence-corrected chi connectivity index (χ2v) is 6.66. The van der Waals surface area contributed by atoms with Gasteiger partial charge in [-0.05, 0) is 55.5 Å². The highest BCUT2D eigenvalue weighted by atomic mass is 16.5. The maximum absolute atomic E-state index is 12.1. The number of carbonyl (C=O) groups is 1. The molecule has 0 aliphatic carbocycles. The molecule has 3 nitrogen and oxygen atoms in total. The molecule has 2 aromatic rings. The van der Waals surface area contributed by atoms with Crippen molar-refractivity contribution in [3.63, 3.8) is 0 Å². The molecular weight excluding hydrogens is 298 g/mol. The van der Waals surface area contributed by atoms with Crippen molar-refractivity contribution >= 4 is 5.91 Å². The Bertz CT molecular complexity index is 689. The highest BCUT2D eigenvalue weighted by Crippen LogP contribution is 2.20. The van der Waals surface area contributed by atoms with E-state index in [4.69, 9.17) is 4.74 Å². The molecule has 0 saturated heterocycles. The average molecular weight is 325 g/mol. The summed E-state index contributed by atoms with van der Waals surface area (Å²) in [6, 6.07) is 14.1. The first-order valence-corrected chi connectivity index (χ1v) is 8.46. The summed E-state index contributed by atoms with van der Waals surface area (Å²) in [4.78, 5) is 12.1. The predicted molar refractivity (Wildman–Crippen MR) is 98.5 cm³/mol. The topological polar surface area (TPSA) is 38.3 Å². The molecule has 1 amide bonds. The lowest BCUT2D eigenvalue weighted by Gasteiger charge is -2.17. The number of aryl methyl sites for hydroxylation is 2. The van der Waals surface area contributed by atoms with Gasteiger partial charge in [-0.3, -0.25) is 4.79 Å². The second-order valence-electron chi connectivity index (χ2n) is 6.66. The molecule has 0 radical (unpaired) electrons. The van der Waals surface area contributed by atoms with E-state index in [-0.39, 0.29) is 18.6 Å². The quantitative estimate of drug-likeness (QED) is 0.837. The summed E-state index contributed by atoms with van der Waals surface area (Å²) >= 11 is 0. The van der Waals surface area contributed by atoms with Gasteiger partial charge in [0.1, 0.15) is 5.75 Å². The molecule has 0 heterocycles. The molecule has 2 rings (SSSR count). The monoisotopic (exact) mass is 325 g/mol. The van der Waals surface area contributed by atoms with Crippen molar-refractivity contribution in [3.8, 4) is 5.75 Å². The first kappa shape index (κ1) is 18.1. The lowest BCUT2D eigenvalue weighted by molar-refractivity contribution is -0.123. The summed E-state index contributed by atoms with van der Waals surface area (Å²) in [6.45, 7) is 10.5. The van der Waals surface area contributed by atoms with Crippen LogP contribution in [-0.4, -0.2) is 12.5 Å². The molecule has 1 atom stereocenters. The van der Waals surface area contributed by atoms with E-state index in [9.17, 15) is 4.79 Å². The molecule has 0 aromatic heterocycles. The van der Waals surface area contributed by atoms with Crippen molar-refractivity contribution in [2.45, 2.75) is 46.6 Å². The van der Waals surface area contributed by atoms with Crippen molar-refractivity contribution in [2.75, 3.05) is 6.61 Å². The fourth-order valence-corrected chi connectivity index (χ4v) is 2.77. The zero-order valence-electron chi connectivity index (χ0n) is 15.2. The molecular formula is C21H27NO2. The Morgan fingerprint density at radius 2 is 1.71 bits per heavy atom. The summed E-state index contributed by atoms with van der Waals surface area (Å²) in [5, 5.41) is 2.99. The fraction of sp³-hybridized carbons (Fsp3) is 0.381. The van der Waals surface area contributed by atoms with Crippen molar-refractivity contribution in [1.82, 2.24) is 5.32 Å². The van der Waals surface area contributed by atoms with Crippen LogP contribution in [-0.2, 0) is 4.79 Å². The zero-order chi connectivity index (χ0) is 17.7. The molecule has 0 bridgehead atoms. The number of hydrogen-bond donors (Lipinski definition) is 1. The number of nitrogens with one attached hydrogen (secondary N) is 1. The third-order valence-corrected chi connectivity index (χ3v) is 4.19. The van der Waals surface area contributed by atoms with Gasteiger partial charge in [-0.1, -0.05) is 49.7 Å². The molecule has 128 valence electrons. The normalized spacial score (nSPS) is 12.1. The maximum atomic E-state index is 12.1. The van der Waals surface area contributed by atoms with E-state index in [0.29, 0.717) is 11.7 Å². The highest BCUT2D eigenvalue weighted by Gasteiger charge is 2.12. The maximum Gasteiger partial charge on any atom is 0.258 e. The van der Waals surface area contributed by atoms with Gasteiger partial charge in [-0.2, -0.15) is 0 Å². The van der Waals surface area contributed by atoms with Crippen molar-refractivity contribution in [3.05, 3.63) is 64.7 Å². The standard InChI is InChI=1S/C21H27NO2/c1-14(2)18-7-9-19(10-8-18)24-13-21(23)22-17(5)20-11-6-15(3)12-16(20)4/h6-12,14,17H,13H2,1-5H3,(H,22,23)/t17-/m1/s1. The molecule has 0 aliphatic rings. The van der Waals surface area contributed by atoms with Gasteiger partial charge in [-0.25, -0.2) is 0 Å². The summed E-state index contributed by atoms with van der Waals surface area (Å²) in [5.74, 6) is 1.09. The minimum atomic E-state index is -0.115. The van der Waals surface area contributed by atoms with Crippen LogP contribution in [0.25, 0.3) is 0 Å². The molecule has 0 spiro atoms. The third kappa shape index (κ3) is 4.85. The molecule has 1 N–H and O–H groups in total. The summed E-state index contributed by atoms with van der Waals surface area (Å²) in [7, 11) is 0. The second kappa shape index (κ2) is 8.00. The number of benzene rings is 2. The van der Waals surface area contributed by atoms with Crippen LogP contribution in [0.2, 0.25) is 0 Å². The van der Waals surface area contributed by atoms with E-state index in [1.54, 1.807) is 0 Å². The molecule has 0 fully saturated rings. The highest BCUT2D eigenvalue weighted by molar-refractivity contribution is 5.78. The Morgan fingerprint density at radius 3 is 2.29 bits per heavy atom. The molecule has 0 saturated carbocycles. The van der Waals surface area contributed by atoms with Crippen LogP contribution in [0.4, 0.5) is 0 Å². The van der Waals surface area contributed by atoms with Crippen LogP contribution in [0, 0.1) is 13.8 Å². The predicted octanol–water partition coefficient (Wildman–Crippen LogP) is 4.68. The van der Waals surface area contributed by atoms with Gasteiger partial charge in [0, 0.05) is 0 Å². The Morgan fingerprint density at radius 1 is 1.04 bits per heavy atom. The lowest BCUT2D eigenvalue weighted by Crippen LogP contribution is -2.31. The first-order chi connectivity index (χ1) is 11.4.